The van der Waals surface area contributed by atoms with Crippen molar-refractivity contribution in [3.63, 3.8) is 0 Å². The van der Waals surface area contributed by atoms with Crippen molar-refractivity contribution in [3.8, 4) is 0 Å². The second kappa shape index (κ2) is 26.9. The molecule has 0 heterocycles. The number of rotatable bonds is 27. The van der Waals surface area contributed by atoms with Crippen molar-refractivity contribution in [1.82, 2.24) is 10.6 Å². The molecular weight excluding hydrogens is 448 g/mol. The molecule has 0 aromatic carbocycles. The van der Waals surface area contributed by atoms with Crippen LogP contribution in [0.5, 0.6) is 0 Å². The lowest BCUT2D eigenvalue weighted by molar-refractivity contribution is -0.150. The number of nitrogens with one attached hydrogen (secondary N) is 2. The van der Waals surface area contributed by atoms with E-state index in [1.54, 1.807) is 6.92 Å². The first-order valence-electron chi connectivity index (χ1n) is 15.6. The van der Waals surface area contributed by atoms with Gasteiger partial charge in [0.15, 0.2) is 0 Å². The Morgan fingerprint density at radius 3 is 1.72 bits per heavy atom. The molecule has 0 fully saturated rings. The summed E-state index contributed by atoms with van der Waals surface area (Å²) >= 11 is 0. The van der Waals surface area contributed by atoms with Crippen LogP contribution >= 0.6 is 0 Å². The Labute approximate surface area is 224 Å². The van der Waals surface area contributed by atoms with Gasteiger partial charge < -0.3 is 15.4 Å². The fourth-order valence-corrected chi connectivity index (χ4v) is 4.60. The van der Waals surface area contributed by atoms with E-state index in [2.05, 4.69) is 31.4 Å². The average molecular weight is 511 g/mol. The van der Waals surface area contributed by atoms with Crippen LogP contribution in [-0.2, 0) is 14.3 Å². The maximum absolute atomic E-state index is 12.5. The van der Waals surface area contributed by atoms with Gasteiger partial charge in [0.05, 0.1) is 0 Å². The van der Waals surface area contributed by atoms with E-state index in [0.717, 1.165) is 51.7 Å². The van der Waals surface area contributed by atoms with Crippen LogP contribution in [-0.4, -0.2) is 37.6 Å². The van der Waals surface area contributed by atoms with Crippen molar-refractivity contribution in [2.75, 3.05) is 19.6 Å². The summed E-state index contributed by atoms with van der Waals surface area (Å²) in [4.78, 5) is 23.4. The first-order chi connectivity index (χ1) is 17.5. The van der Waals surface area contributed by atoms with Crippen molar-refractivity contribution in [2.45, 2.75) is 162 Å². The molecule has 0 aliphatic rings. The minimum absolute atomic E-state index is 0.0202. The summed E-state index contributed by atoms with van der Waals surface area (Å²) < 4.78 is 5.95. The fourth-order valence-electron chi connectivity index (χ4n) is 4.60. The van der Waals surface area contributed by atoms with Gasteiger partial charge in [-0.25, -0.2) is 0 Å². The van der Waals surface area contributed by atoms with E-state index >= 15 is 0 Å². The van der Waals surface area contributed by atoms with Gasteiger partial charge in [-0.2, -0.15) is 0 Å². The molecule has 36 heavy (non-hydrogen) atoms. The van der Waals surface area contributed by atoms with E-state index in [9.17, 15) is 9.59 Å². The highest BCUT2D eigenvalue weighted by Gasteiger charge is 2.14. The Morgan fingerprint density at radius 1 is 0.667 bits per heavy atom. The molecule has 5 nitrogen and oxygen atoms in total. The quantitative estimate of drug-likeness (QED) is 0.0865. The molecule has 0 aromatic heterocycles. The highest BCUT2D eigenvalue weighted by atomic mass is 16.5. The minimum Gasteiger partial charge on any atom is -0.462 e. The van der Waals surface area contributed by atoms with E-state index in [1.807, 2.05) is 0 Å². The second-order valence-corrected chi connectivity index (χ2v) is 11.0. The van der Waals surface area contributed by atoms with E-state index in [1.165, 1.54) is 89.9 Å². The summed E-state index contributed by atoms with van der Waals surface area (Å²) in [6.07, 6.45) is 23.9. The van der Waals surface area contributed by atoms with Crippen molar-refractivity contribution in [2.24, 2.45) is 5.92 Å². The van der Waals surface area contributed by atoms with Crippen molar-refractivity contribution >= 4 is 11.9 Å². The van der Waals surface area contributed by atoms with Crippen LogP contribution in [0.3, 0.4) is 0 Å². The Morgan fingerprint density at radius 2 is 1.17 bits per heavy atom. The third kappa shape index (κ3) is 26.0. The number of hydrogen-bond donors (Lipinski definition) is 2. The number of carbonyl (C=O) groups excluding carboxylic acids is 2. The lowest BCUT2D eigenvalue weighted by atomic mass is 10.0. The summed E-state index contributed by atoms with van der Waals surface area (Å²) in [5, 5.41) is 6.34. The minimum atomic E-state index is 0.0202. The second-order valence-electron chi connectivity index (χ2n) is 11.0. The summed E-state index contributed by atoms with van der Waals surface area (Å²) in [6, 6.07) is 0. The van der Waals surface area contributed by atoms with Crippen LogP contribution < -0.4 is 10.6 Å². The predicted octanol–water partition coefficient (Wildman–Crippen LogP) is 8.10. The standard InChI is InChI=1S/C31H62N2O3/c1-5-7-9-11-14-18-22-30(23-19-15-12-10-8-6-2)36-31(35)24-20-16-13-17-21-25-32-26-28(3)27-33-29(4)34/h28,30,32H,5-27H2,1-4H3,(H,33,34). The van der Waals surface area contributed by atoms with E-state index in [0.29, 0.717) is 12.3 Å². The molecular formula is C31H62N2O3. The average Bonchev–Trinajstić information content (AvgIpc) is 2.85. The van der Waals surface area contributed by atoms with Gasteiger partial charge in [0, 0.05) is 19.9 Å². The van der Waals surface area contributed by atoms with E-state index < -0.39 is 0 Å². The van der Waals surface area contributed by atoms with Crippen molar-refractivity contribution in [1.29, 1.82) is 0 Å². The third-order valence-electron chi connectivity index (χ3n) is 6.98. The summed E-state index contributed by atoms with van der Waals surface area (Å²) in [6.45, 7) is 10.9. The van der Waals surface area contributed by atoms with Gasteiger partial charge in [0.25, 0.3) is 0 Å². The van der Waals surface area contributed by atoms with Crippen molar-refractivity contribution in [3.05, 3.63) is 0 Å². The van der Waals surface area contributed by atoms with E-state index in [-0.39, 0.29) is 18.0 Å². The molecule has 0 aliphatic heterocycles. The number of hydrogen-bond acceptors (Lipinski definition) is 4. The van der Waals surface area contributed by atoms with Crippen LogP contribution in [0.2, 0.25) is 0 Å². The summed E-state index contributed by atoms with van der Waals surface area (Å²) in [5.74, 6) is 0.509. The lowest BCUT2D eigenvalue weighted by Gasteiger charge is -2.18. The highest BCUT2D eigenvalue weighted by molar-refractivity contribution is 5.72. The van der Waals surface area contributed by atoms with Crippen LogP contribution in [0.1, 0.15) is 156 Å². The number of amides is 1. The number of esters is 1. The first kappa shape index (κ1) is 34.9. The molecule has 1 atom stereocenters. The topological polar surface area (TPSA) is 67.4 Å². The smallest absolute Gasteiger partial charge is 0.306 e. The molecule has 0 saturated carbocycles. The fraction of sp³-hybridized carbons (Fsp3) is 0.935. The highest BCUT2D eigenvalue weighted by Crippen LogP contribution is 2.18. The molecule has 0 saturated heterocycles. The Hall–Kier alpha value is -1.10. The monoisotopic (exact) mass is 510 g/mol. The molecule has 1 unspecified atom stereocenters. The van der Waals surface area contributed by atoms with Crippen molar-refractivity contribution < 1.29 is 14.3 Å². The molecule has 0 radical (unpaired) electrons. The van der Waals surface area contributed by atoms with Crippen LogP contribution in [0.4, 0.5) is 0 Å². The van der Waals surface area contributed by atoms with Gasteiger partial charge in [-0.05, 0) is 57.5 Å². The Bertz CT molecular complexity index is 482. The first-order valence-corrected chi connectivity index (χ1v) is 15.6. The zero-order chi connectivity index (χ0) is 26.7. The van der Waals surface area contributed by atoms with Gasteiger partial charge in [0.1, 0.15) is 6.10 Å². The van der Waals surface area contributed by atoms with E-state index in [4.69, 9.17) is 4.74 Å². The van der Waals surface area contributed by atoms with Crippen LogP contribution in [0, 0.1) is 5.92 Å². The van der Waals surface area contributed by atoms with Crippen LogP contribution in [0.25, 0.3) is 0 Å². The zero-order valence-electron chi connectivity index (χ0n) is 24.6. The molecule has 0 spiro atoms. The maximum atomic E-state index is 12.5. The van der Waals surface area contributed by atoms with Gasteiger partial charge in [-0.3, -0.25) is 9.59 Å². The lowest BCUT2D eigenvalue weighted by Crippen LogP contribution is -2.32. The number of unbranched alkanes of at least 4 members (excludes halogenated alkanes) is 14. The summed E-state index contributed by atoms with van der Waals surface area (Å²) in [7, 11) is 0. The molecule has 0 rings (SSSR count). The SMILES string of the molecule is CCCCCCCCC(CCCCCCCC)OC(=O)CCCCCCCNCC(C)CNC(C)=O. The third-order valence-corrected chi connectivity index (χ3v) is 6.98. The number of carbonyl (C=O) groups is 2. The van der Waals surface area contributed by atoms with Gasteiger partial charge in [0.2, 0.25) is 5.91 Å². The normalized spacial score (nSPS) is 12.1. The van der Waals surface area contributed by atoms with Crippen LogP contribution in [0.15, 0.2) is 0 Å². The zero-order valence-corrected chi connectivity index (χ0v) is 24.6. The Balaban J connectivity index is 3.91. The molecule has 5 heteroatoms. The number of ether oxygens (including phenoxy) is 1. The molecule has 0 bridgehead atoms. The Kier molecular flexibility index (Phi) is 26.1. The largest absolute Gasteiger partial charge is 0.462 e. The van der Waals surface area contributed by atoms with Gasteiger partial charge in [-0.1, -0.05) is 104 Å². The molecule has 0 aliphatic carbocycles. The summed E-state index contributed by atoms with van der Waals surface area (Å²) in [5.41, 5.74) is 0. The molecule has 214 valence electrons. The predicted molar refractivity (Wildman–Crippen MR) is 154 cm³/mol. The molecule has 1 amide bonds. The van der Waals surface area contributed by atoms with Gasteiger partial charge in [-0.15, -0.1) is 0 Å². The van der Waals surface area contributed by atoms with Gasteiger partial charge >= 0.3 is 5.97 Å². The molecule has 2 N–H and O–H groups in total. The maximum Gasteiger partial charge on any atom is 0.306 e. The molecule has 0 aromatic rings.